The van der Waals surface area contributed by atoms with Gasteiger partial charge in [-0.2, -0.15) is 0 Å². The van der Waals surface area contributed by atoms with Crippen LogP contribution in [0.4, 0.5) is 5.69 Å². The van der Waals surface area contributed by atoms with Crippen molar-refractivity contribution < 1.29 is 18.7 Å². The van der Waals surface area contributed by atoms with Crippen molar-refractivity contribution >= 4 is 11.7 Å². The van der Waals surface area contributed by atoms with E-state index in [2.05, 4.69) is 15.5 Å². The van der Waals surface area contributed by atoms with Crippen molar-refractivity contribution in [3.63, 3.8) is 0 Å². The molecule has 0 saturated carbocycles. The zero-order chi connectivity index (χ0) is 14.7. The average Bonchev–Trinajstić information content (AvgIpc) is 3.17. The summed E-state index contributed by atoms with van der Waals surface area (Å²) in [5.41, 5.74) is 1.69. The Morgan fingerprint density at radius 1 is 1.19 bits per heavy atom. The number of aromatic carboxylic acids is 1. The fraction of sp³-hybridized carbons (Fsp3) is 0.0714. The lowest BCUT2D eigenvalue weighted by atomic mass is 10.2. The summed E-state index contributed by atoms with van der Waals surface area (Å²) in [5.74, 6) is -0.143. The standard InChI is InChI=1S/C14H11N3O4/c18-14(19)12-6-5-11(21-12)7-15-10-3-1-9(2-4-10)13-17-16-8-20-13/h1-6,8,15H,7H2,(H,18,19). The van der Waals surface area contributed by atoms with Crippen molar-refractivity contribution in [1.29, 1.82) is 0 Å². The van der Waals surface area contributed by atoms with Gasteiger partial charge in [0, 0.05) is 11.3 Å². The molecule has 0 aliphatic heterocycles. The zero-order valence-corrected chi connectivity index (χ0v) is 10.8. The van der Waals surface area contributed by atoms with Crippen LogP contribution in [0.15, 0.2) is 51.6 Å². The summed E-state index contributed by atoms with van der Waals surface area (Å²) < 4.78 is 10.3. The number of anilines is 1. The first kappa shape index (κ1) is 12.9. The third kappa shape index (κ3) is 2.92. The van der Waals surface area contributed by atoms with Gasteiger partial charge in [-0.1, -0.05) is 0 Å². The molecule has 7 nitrogen and oxygen atoms in total. The van der Waals surface area contributed by atoms with Crippen molar-refractivity contribution in [1.82, 2.24) is 10.2 Å². The molecule has 0 saturated heterocycles. The molecule has 0 radical (unpaired) electrons. The molecule has 2 heterocycles. The van der Waals surface area contributed by atoms with E-state index in [-0.39, 0.29) is 5.76 Å². The summed E-state index contributed by atoms with van der Waals surface area (Å²) in [4.78, 5) is 10.7. The number of aromatic nitrogens is 2. The molecule has 106 valence electrons. The second kappa shape index (κ2) is 5.49. The maximum atomic E-state index is 10.7. The summed E-state index contributed by atoms with van der Waals surface area (Å²) in [6.45, 7) is 0.396. The number of hydrogen-bond donors (Lipinski definition) is 2. The molecule has 0 aliphatic rings. The Kier molecular flexibility index (Phi) is 3.38. The molecular weight excluding hydrogens is 274 g/mol. The first-order valence-corrected chi connectivity index (χ1v) is 6.15. The van der Waals surface area contributed by atoms with Gasteiger partial charge in [0.25, 0.3) is 0 Å². The van der Waals surface area contributed by atoms with Gasteiger partial charge in [-0.3, -0.25) is 0 Å². The predicted molar refractivity (Wildman–Crippen MR) is 72.7 cm³/mol. The summed E-state index contributed by atoms with van der Waals surface area (Å²) in [7, 11) is 0. The number of nitrogens with zero attached hydrogens (tertiary/aromatic N) is 2. The number of carbonyl (C=O) groups is 1. The molecule has 2 N–H and O–H groups in total. The first-order chi connectivity index (χ1) is 10.2. The smallest absolute Gasteiger partial charge is 0.371 e. The lowest BCUT2D eigenvalue weighted by Crippen LogP contribution is -1.98. The van der Waals surface area contributed by atoms with E-state index in [1.54, 1.807) is 6.07 Å². The van der Waals surface area contributed by atoms with E-state index in [9.17, 15) is 4.79 Å². The maximum Gasteiger partial charge on any atom is 0.371 e. The molecule has 21 heavy (non-hydrogen) atoms. The van der Waals surface area contributed by atoms with Gasteiger partial charge in [0.1, 0.15) is 5.76 Å². The number of benzene rings is 1. The number of carboxylic acids is 1. The Morgan fingerprint density at radius 3 is 2.62 bits per heavy atom. The van der Waals surface area contributed by atoms with Gasteiger partial charge in [-0.25, -0.2) is 4.79 Å². The van der Waals surface area contributed by atoms with Crippen LogP contribution >= 0.6 is 0 Å². The molecule has 0 bridgehead atoms. The lowest BCUT2D eigenvalue weighted by Gasteiger charge is -2.04. The Balaban J connectivity index is 1.64. The quantitative estimate of drug-likeness (QED) is 0.742. The van der Waals surface area contributed by atoms with E-state index in [1.165, 1.54) is 12.5 Å². The lowest BCUT2D eigenvalue weighted by molar-refractivity contribution is 0.0660. The normalized spacial score (nSPS) is 10.5. The summed E-state index contributed by atoms with van der Waals surface area (Å²) in [6.07, 6.45) is 1.28. The van der Waals surface area contributed by atoms with Crippen LogP contribution in [0.5, 0.6) is 0 Å². The van der Waals surface area contributed by atoms with Crippen molar-refractivity contribution in [2.75, 3.05) is 5.32 Å². The summed E-state index contributed by atoms with van der Waals surface area (Å²) in [6, 6.07) is 10.5. The fourth-order valence-electron chi connectivity index (χ4n) is 1.81. The van der Waals surface area contributed by atoms with Crippen LogP contribution in [0.2, 0.25) is 0 Å². The zero-order valence-electron chi connectivity index (χ0n) is 10.8. The third-order valence-corrected chi connectivity index (χ3v) is 2.83. The topological polar surface area (TPSA) is 101 Å². The van der Waals surface area contributed by atoms with Gasteiger partial charge in [0.15, 0.2) is 0 Å². The van der Waals surface area contributed by atoms with E-state index >= 15 is 0 Å². The van der Waals surface area contributed by atoms with Gasteiger partial charge in [0.2, 0.25) is 18.0 Å². The van der Waals surface area contributed by atoms with Gasteiger partial charge >= 0.3 is 5.97 Å². The average molecular weight is 285 g/mol. The van der Waals surface area contributed by atoms with Gasteiger partial charge in [0.05, 0.1) is 6.54 Å². The Labute approximate surface area is 119 Å². The minimum Gasteiger partial charge on any atom is -0.475 e. The summed E-state index contributed by atoms with van der Waals surface area (Å²) in [5, 5.41) is 19.3. The Hall–Kier alpha value is -3.09. The largest absolute Gasteiger partial charge is 0.475 e. The maximum absolute atomic E-state index is 10.7. The monoisotopic (exact) mass is 285 g/mol. The molecule has 0 spiro atoms. The van der Waals surface area contributed by atoms with Crippen LogP contribution in [0.25, 0.3) is 11.5 Å². The van der Waals surface area contributed by atoms with Crippen molar-refractivity contribution in [3.8, 4) is 11.5 Å². The molecule has 0 amide bonds. The van der Waals surface area contributed by atoms with Crippen LogP contribution in [-0.4, -0.2) is 21.3 Å². The second-order valence-corrected chi connectivity index (χ2v) is 4.25. The van der Waals surface area contributed by atoms with E-state index < -0.39 is 5.97 Å². The highest BCUT2D eigenvalue weighted by Gasteiger charge is 2.08. The van der Waals surface area contributed by atoms with Crippen LogP contribution in [-0.2, 0) is 6.54 Å². The molecule has 0 atom stereocenters. The molecule has 3 aromatic rings. The van der Waals surface area contributed by atoms with Gasteiger partial charge < -0.3 is 19.3 Å². The van der Waals surface area contributed by atoms with Crippen LogP contribution in [0.1, 0.15) is 16.3 Å². The molecule has 7 heteroatoms. The van der Waals surface area contributed by atoms with Crippen molar-refractivity contribution in [3.05, 3.63) is 54.3 Å². The highest BCUT2D eigenvalue weighted by Crippen LogP contribution is 2.19. The molecule has 3 rings (SSSR count). The molecule has 1 aromatic carbocycles. The molecule has 0 fully saturated rings. The number of furan rings is 1. The van der Waals surface area contributed by atoms with E-state index in [1.807, 2.05) is 24.3 Å². The number of hydrogen-bond acceptors (Lipinski definition) is 6. The Morgan fingerprint density at radius 2 is 2.00 bits per heavy atom. The number of nitrogens with one attached hydrogen (secondary N) is 1. The number of carboxylic acid groups (broad SMARTS) is 1. The van der Waals surface area contributed by atoms with E-state index in [0.717, 1.165) is 11.3 Å². The third-order valence-electron chi connectivity index (χ3n) is 2.83. The summed E-state index contributed by atoms with van der Waals surface area (Å²) >= 11 is 0. The SMILES string of the molecule is O=C(O)c1ccc(CNc2ccc(-c3nnco3)cc2)o1. The fourth-order valence-corrected chi connectivity index (χ4v) is 1.81. The number of rotatable bonds is 5. The minimum absolute atomic E-state index is 0.0708. The predicted octanol–water partition coefficient (Wildman–Crippen LogP) is 2.64. The molecule has 0 aliphatic carbocycles. The van der Waals surface area contributed by atoms with Crippen LogP contribution in [0.3, 0.4) is 0 Å². The minimum atomic E-state index is -1.08. The highest BCUT2D eigenvalue weighted by molar-refractivity contribution is 5.84. The van der Waals surface area contributed by atoms with Gasteiger partial charge in [-0.15, -0.1) is 10.2 Å². The van der Waals surface area contributed by atoms with Crippen LogP contribution in [0, 0.1) is 0 Å². The van der Waals surface area contributed by atoms with Crippen molar-refractivity contribution in [2.45, 2.75) is 6.54 Å². The Bertz CT molecular complexity index is 732. The molecule has 0 unspecified atom stereocenters. The molecule has 2 aromatic heterocycles. The molecular formula is C14H11N3O4. The first-order valence-electron chi connectivity index (χ1n) is 6.15. The highest BCUT2D eigenvalue weighted by atomic mass is 16.4. The van der Waals surface area contributed by atoms with Crippen molar-refractivity contribution in [2.24, 2.45) is 0 Å². The van der Waals surface area contributed by atoms with Gasteiger partial charge in [-0.05, 0) is 36.4 Å². The van der Waals surface area contributed by atoms with Crippen LogP contribution < -0.4 is 5.32 Å². The second-order valence-electron chi connectivity index (χ2n) is 4.25. The van der Waals surface area contributed by atoms with E-state index in [0.29, 0.717) is 18.2 Å². The van der Waals surface area contributed by atoms with E-state index in [4.69, 9.17) is 13.9 Å².